The predicted octanol–water partition coefficient (Wildman–Crippen LogP) is 1.10. The van der Waals surface area contributed by atoms with Crippen molar-refractivity contribution in [3.05, 3.63) is 18.0 Å². The zero-order valence-corrected chi connectivity index (χ0v) is 9.70. The standard InChI is InChI=1S/C10H15N3O2.ClH/c11-7-2-1-3-8(6-7)12-10(14)9-4-5-15-13-9;/h4-5,7-8H,1-3,6,11H2,(H,12,14);1H. The van der Waals surface area contributed by atoms with Gasteiger partial charge in [-0.3, -0.25) is 4.79 Å². The van der Waals surface area contributed by atoms with E-state index in [1.54, 1.807) is 6.07 Å². The van der Waals surface area contributed by atoms with Gasteiger partial charge < -0.3 is 15.6 Å². The van der Waals surface area contributed by atoms with Crippen molar-refractivity contribution in [1.29, 1.82) is 0 Å². The Hall–Kier alpha value is -1.07. The first-order valence-corrected chi connectivity index (χ1v) is 5.22. The van der Waals surface area contributed by atoms with Crippen LogP contribution in [0.4, 0.5) is 0 Å². The minimum atomic E-state index is -0.178. The number of nitrogens with two attached hydrogens (primary N) is 1. The average Bonchev–Trinajstić information content (AvgIpc) is 2.70. The minimum absolute atomic E-state index is 0. The number of carbonyl (C=O) groups is 1. The molecule has 5 nitrogen and oxygen atoms in total. The van der Waals surface area contributed by atoms with Crippen LogP contribution >= 0.6 is 12.4 Å². The summed E-state index contributed by atoms with van der Waals surface area (Å²) in [7, 11) is 0. The van der Waals surface area contributed by atoms with Gasteiger partial charge in [-0.25, -0.2) is 0 Å². The van der Waals surface area contributed by atoms with Crippen LogP contribution < -0.4 is 11.1 Å². The third-order valence-electron chi connectivity index (χ3n) is 2.72. The topological polar surface area (TPSA) is 81.1 Å². The highest BCUT2D eigenvalue weighted by atomic mass is 35.5. The molecule has 1 heterocycles. The molecule has 3 N–H and O–H groups in total. The molecule has 6 heteroatoms. The van der Waals surface area contributed by atoms with E-state index in [1.807, 2.05) is 0 Å². The maximum absolute atomic E-state index is 11.6. The molecule has 0 radical (unpaired) electrons. The van der Waals surface area contributed by atoms with E-state index in [0.29, 0.717) is 5.69 Å². The molecule has 16 heavy (non-hydrogen) atoms. The van der Waals surface area contributed by atoms with E-state index in [1.165, 1.54) is 6.26 Å². The first-order valence-electron chi connectivity index (χ1n) is 5.22. The number of nitrogens with one attached hydrogen (secondary N) is 1. The summed E-state index contributed by atoms with van der Waals surface area (Å²) in [6.07, 6.45) is 5.36. The fraction of sp³-hybridized carbons (Fsp3) is 0.600. The van der Waals surface area contributed by atoms with Crippen LogP contribution in [0, 0.1) is 0 Å². The Morgan fingerprint density at radius 1 is 1.56 bits per heavy atom. The molecule has 1 aliphatic carbocycles. The van der Waals surface area contributed by atoms with Gasteiger partial charge in [-0.15, -0.1) is 12.4 Å². The fourth-order valence-electron chi connectivity index (χ4n) is 1.95. The maximum Gasteiger partial charge on any atom is 0.273 e. The highest BCUT2D eigenvalue weighted by Gasteiger charge is 2.21. The number of amides is 1. The highest BCUT2D eigenvalue weighted by Crippen LogP contribution is 2.17. The molecule has 2 unspecified atom stereocenters. The summed E-state index contributed by atoms with van der Waals surface area (Å²) in [5, 5.41) is 6.49. The summed E-state index contributed by atoms with van der Waals surface area (Å²) >= 11 is 0. The lowest BCUT2D eigenvalue weighted by Gasteiger charge is -2.26. The lowest BCUT2D eigenvalue weighted by Crippen LogP contribution is -2.42. The third kappa shape index (κ3) is 3.21. The van der Waals surface area contributed by atoms with Crippen molar-refractivity contribution in [2.75, 3.05) is 0 Å². The number of hydrogen-bond acceptors (Lipinski definition) is 4. The number of nitrogens with zero attached hydrogens (tertiary/aromatic N) is 1. The van der Waals surface area contributed by atoms with Crippen LogP contribution in [-0.2, 0) is 0 Å². The smallest absolute Gasteiger partial charge is 0.273 e. The van der Waals surface area contributed by atoms with E-state index in [-0.39, 0.29) is 30.4 Å². The second-order valence-electron chi connectivity index (χ2n) is 3.98. The molecule has 0 spiro atoms. The van der Waals surface area contributed by atoms with Gasteiger partial charge in [-0.05, 0) is 25.7 Å². The van der Waals surface area contributed by atoms with Crippen LogP contribution in [0.1, 0.15) is 36.2 Å². The summed E-state index contributed by atoms with van der Waals surface area (Å²) < 4.78 is 4.61. The van der Waals surface area contributed by atoms with Crippen LogP contribution in [0.15, 0.2) is 16.9 Å². The molecule has 90 valence electrons. The molecule has 0 bridgehead atoms. The Morgan fingerprint density at radius 2 is 2.38 bits per heavy atom. The lowest BCUT2D eigenvalue weighted by atomic mass is 9.91. The SMILES string of the molecule is Cl.NC1CCCC(NC(=O)c2ccon2)C1. The van der Waals surface area contributed by atoms with Crippen molar-refractivity contribution in [2.45, 2.75) is 37.8 Å². The summed E-state index contributed by atoms with van der Waals surface area (Å²) in [6, 6.07) is 1.94. The highest BCUT2D eigenvalue weighted by molar-refractivity contribution is 5.92. The number of halogens is 1. The van der Waals surface area contributed by atoms with Gasteiger partial charge in [0.15, 0.2) is 5.69 Å². The first kappa shape index (κ1) is 13.0. The first-order chi connectivity index (χ1) is 7.25. The summed E-state index contributed by atoms with van der Waals surface area (Å²) in [6.45, 7) is 0. The molecule has 1 amide bonds. The number of hydrogen-bond donors (Lipinski definition) is 2. The lowest BCUT2D eigenvalue weighted by molar-refractivity contribution is 0.0916. The van der Waals surface area contributed by atoms with E-state index in [2.05, 4.69) is 15.0 Å². The van der Waals surface area contributed by atoms with E-state index in [9.17, 15) is 4.79 Å². The zero-order valence-electron chi connectivity index (χ0n) is 8.89. The zero-order chi connectivity index (χ0) is 10.7. The van der Waals surface area contributed by atoms with Gasteiger partial charge in [0.05, 0.1) is 0 Å². The number of carbonyl (C=O) groups excluding carboxylic acids is 1. The molecule has 0 aliphatic heterocycles. The largest absolute Gasteiger partial charge is 0.364 e. The predicted molar refractivity (Wildman–Crippen MR) is 61.4 cm³/mol. The monoisotopic (exact) mass is 245 g/mol. The Balaban J connectivity index is 0.00000128. The molecule has 2 atom stereocenters. The van der Waals surface area contributed by atoms with Gasteiger partial charge in [0.1, 0.15) is 6.26 Å². The van der Waals surface area contributed by atoms with Crippen LogP contribution in [0.5, 0.6) is 0 Å². The Bertz CT molecular complexity index is 329. The maximum atomic E-state index is 11.6. The third-order valence-corrected chi connectivity index (χ3v) is 2.72. The van der Waals surface area contributed by atoms with Gasteiger partial charge in [0.2, 0.25) is 0 Å². The Kier molecular flexibility index (Phi) is 4.76. The van der Waals surface area contributed by atoms with Crippen molar-refractivity contribution < 1.29 is 9.32 Å². The van der Waals surface area contributed by atoms with Gasteiger partial charge in [-0.1, -0.05) is 5.16 Å². The summed E-state index contributed by atoms with van der Waals surface area (Å²) in [4.78, 5) is 11.6. The van der Waals surface area contributed by atoms with Gasteiger partial charge in [0.25, 0.3) is 5.91 Å². The van der Waals surface area contributed by atoms with E-state index in [0.717, 1.165) is 25.7 Å². The van der Waals surface area contributed by atoms with Gasteiger partial charge >= 0.3 is 0 Å². The van der Waals surface area contributed by atoms with Crippen molar-refractivity contribution in [3.8, 4) is 0 Å². The molecule has 2 rings (SSSR count). The van der Waals surface area contributed by atoms with Crippen molar-refractivity contribution >= 4 is 18.3 Å². The van der Waals surface area contributed by atoms with Crippen molar-refractivity contribution in [1.82, 2.24) is 10.5 Å². The second kappa shape index (κ2) is 5.86. The minimum Gasteiger partial charge on any atom is -0.364 e. The molecule has 1 fully saturated rings. The molecule has 1 aromatic heterocycles. The molecule has 1 saturated carbocycles. The van der Waals surface area contributed by atoms with E-state index >= 15 is 0 Å². The van der Waals surface area contributed by atoms with Crippen LogP contribution in [0.3, 0.4) is 0 Å². The average molecular weight is 246 g/mol. The summed E-state index contributed by atoms with van der Waals surface area (Å²) in [5.74, 6) is -0.178. The van der Waals surface area contributed by atoms with Crippen LogP contribution in [-0.4, -0.2) is 23.1 Å². The van der Waals surface area contributed by atoms with Crippen molar-refractivity contribution in [3.63, 3.8) is 0 Å². The van der Waals surface area contributed by atoms with E-state index < -0.39 is 0 Å². The normalized spacial score (nSPS) is 24.6. The summed E-state index contributed by atoms with van der Waals surface area (Å²) in [5.41, 5.74) is 6.16. The molecule has 1 aliphatic rings. The molecular weight excluding hydrogens is 230 g/mol. The van der Waals surface area contributed by atoms with Gasteiger partial charge in [-0.2, -0.15) is 0 Å². The van der Waals surface area contributed by atoms with Gasteiger partial charge in [0, 0.05) is 18.2 Å². The van der Waals surface area contributed by atoms with Crippen molar-refractivity contribution in [2.24, 2.45) is 5.73 Å². The molecule has 0 aromatic carbocycles. The number of aromatic nitrogens is 1. The quantitative estimate of drug-likeness (QED) is 0.818. The Labute approximate surface area is 100 Å². The second-order valence-corrected chi connectivity index (χ2v) is 3.98. The molecule has 1 aromatic rings. The molecule has 0 saturated heterocycles. The molecular formula is C10H16ClN3O2. The van der Waals surface area contributed by atoms with Crippen LogP contribution in [0.2, 0.25) is 0 Å². The fourth-order valence-corrected chi connectivity index (χ4v) is 1.95. The Morgan fingerprint density at radius 3 is 3.00 bits per heavy atom. The van der Waals surface area contributed by atoms with E-state index in [4.69, 9.17) is 5.73 Å². The number of rotatable bonds is 2. The van der Waals surface area contributed by atoms with Crippen LogP contribution in [0.25, 0.3) is 0 Å².